The highest BCUT2D eigenvalue weighted by Gasteiger charge is 2.22. The van der Waals surface area contributed by atoms with Crippen molar-refractivity contribution in [1.29, 1.82) is 0 Å². The third-order valence-electron chi connectivity index (χ3n) is 3.38. The maximum atomic E-state index is 9.66. The fraction of sp³-hybridized carbons (Fsp3) is 0.692. The van der Waals surface area contributed by atoms with Gasteiger partial charge in [-0.05, 0) is 43.6 Å². The van der Waals surface area contributed by atoms with Gasteiger partial charge < -0.3 is 10.4 Å². The molecule has 3 heteroatoms. The molecule has 0 bridgehead atoms. The Labute approximate surface area is 102 Å². The lowest BCUT2D eigenvalue weighted by atomic mass is 9.92. The minimum absolute atomic E-state index is 0.0907. The standard InChI is InChI=1S/C13H21NOS/c1-2-12(13-7-4-8-16-13)14-10-5-3-6-11(15)9-10/h4,7-8,10-12,14-15H,2-3,5-6,9H2,1H3. The summed E-state index contributed by atoms with van der Waals surface area (Å²) in [6, 6.07) is 5.27. The summed E-state index contributed by atoms with van der Waals surface area (Å²) >= 11 is 1.82. The van der Waals surface area contributed by atoms with Crippen LogP contribution in [0.25, 0.3) is 0 Å². The van der Waals surface area contributed by atoms with Crippen LogP contribution in [0.5, 0.6) is 0 Å². The van der Waals surface area contributed by atoms with Crippen LogP contribution in [-0.2, 0) is 0 Å². The second-order valence-electron chi connectivity index (χ2n) is 4.66. The first-order valence-electron chi connectivity index (χ1n) is 6.27. The Balaban J connectivity index is 1.91. The van der Waals surface area contributed by atoms with Crippen molar-refractivity contribution in [3.63, 3.8) is 0 Å². The lowest BCUT2D eigenvalue weighted by Crippen LogP contribution is -2.37. The van der Waals surface area contributed by atoms with Gasteiger partial charge in [-0.1, -0.05) is 13.0 Å². The molecule has 1 aliphatic rings. The van der Waals surface area contributed by atoms with Crippen molar-refractivity contribution in [3.8, 4) is 0 Å². The van der Waals surface area contributed by atoms with Crippen LogP contribution in [0.3, 0.4) is 0 Å². The van der Waals surface area contributed by atoms with E-state index in [0.29, 0.717) is 12.1 Å². The smallest absolute Gasteiger partial charge is 0.0555 e. The number of rotatable bonds is 4. The molecule has 1 saturated carbocycles. The second-order valence-corrected chi connectivity index (χ2v) is 5.64. The Hall–Kier alpha value is -0.380. The predicted octanol–water partition coefficient (Wildman–Crippen LogP) is 3.09. The minimum atomic E-state index is -0.0907. The molecule has 16 heavy (non-hydrogen) atoms. The van der Waals surface area contributed by atoms with E-state index < -0.39 is 0 Å². The molecule has 2 N–H and O–H groups in total. The van der Waals surface area contributed by atoms with E-state index in [9.17, 15) is 5.11 Å². The molecule has 2 rings (SSSR count). The third-order valence-corrected chi connectivity index (χ3v) is 4.36. The molecular formula is C13H21NOS. The molecule has 0 radical (unpaired) electrons. The van der Waals surface area contributed by atoms with Crippen molar-refractivity contribution < 1.29 is 5.11 Å². The van der Waals surface area contributed by atoms with Crippen LogP contribution >= 0.6 is 11.3 Å². The Bertz CT molecular complexity index is 299. The van der Waals surface area contributed by atoms with Gasteiger partial charge >= 0.3 is 0 Å². The lowest BCUT2D eigenvalue weighted by molar-refractivity contribution is 0.108. The summed E-state index contributed by atoms with van der Waals surface area (Å²) in [6.45, 7) is 2.22. The van der Waals surface area contributed by atoms with Gasteiger partial charge in [0.05, 0.1) is 6.10 Å². The Morgan fingerprint density at radius 3 is 3.06 bits per heavy atom. The number of hydrogen-bond donors (Lipinski definition) is 2. The molecule has 3 unspecified atom stereocenters. The first-order chi connectivity index (χ1) is 7.79. The number of hydrogen-bond acceptors (Lipinski definition) is 3. The fourth-order valence-corrected chi connectivity index (χ4v) is 3.36. The Morgan fingerprint density at radius 2 is 2.44 bits per heavy atom. The van der Waals surface area contributed by atoms with Crippen LogP contribution in [-0.4, -0.2) is 17.3 Å². The summed E-state index contributed by atoms with van der Waals surface area (Å²) in [5.41, 5.74) is 0. The lowest BCUT2D eigenvalue weighted by Gasteiger charge is -2.30. The maximum absolute atomic E-state index is 9.66. The maximum Gasteiger partial charge on any atom is 0.0555 e. The third kappa shape index (κ3) is 3.06. The second kappa shape index (κ2) is 5.80. The molecule has 0 saturated heterocycles. The first-order valence-corrected chi connectivity index (χ1v) is 7.15. The summed E-state index contributed by atoms with van der Waals surface area (Å²) in [5.74, 6) is 0. The highest BCUT2D eigenvalue weighted by atomic mass is 32.1. The quantitative estimate of drug-likeness (QED) is 0.846. The molecule has 2 nitrogen and oxygen atoms in total. The van der Waals surface area contributed by atoms with E-state index in [-0.39, 0.29) is 6.10 Å². The summed E-state index contributed by atoms with van der Waals surface area (Å²) in [7, 11) is 0. The average molecular weight is 239 g/mol. The number of nitrogens with one attached hydrogen (secondary N) is 1. The Morgan fingerprint density at radius 1 is 1.56 bits per heavy atom. The van der Waals surface area contributed by atoms with Crippen molar-refractivity contribution in [1.82, 2.24) is 5.32 Å². The molecule has 1 aromatic heterocycles. The zero-order valence-corrected chi connectivity index (χ0v) is 10.7. The molecule has 0 aromatic carbocycles. The Kier molecular flexibility index (Phi) is 4.38. The zero-order valence-electron chi connectivity index (χ0n) is 9.86. The average Bonchev–Trinajstić information content (AvgIpc) is 2.79. The van der Waals surface area contributed by atoms with Crippen molar-refractivity contribution in [2.75, 3.05) is 0 Å². The van der Waals surface area contributed by atoms with Crippen LogP contribution in [0.15, 0.2) is 17.5 Å². The van der Waals surface area contributed by atoms with Crippen molar-refractivity contribution in [2.24, 2.45) is 0 Å². The van der Waals surface area contributed by atoms with E-state index in [1.807, 2.05) is 11.3 Å². The molecule has 0 amide bonds. The molecule has 1 aromatic rings. The van der Waals surface area contributed by atoms with Gasteiger partial charge in [-0.25, -0.2) is 0 Å². The van der Waals surface area contributed by atoms with E-state index in [4.69, 9.17) is 0 Å². The first kappa shape index (κ1) is 12.1. The highest BCUT2D eigenvalue weighted by Crippen LogP contribution is 2.26. The zero-order chi connectivity index (χ0) is 11.4. The molecule has 1 aliphatic carbocycles. The normalized spacial score (nSPS) is 27.9. The summed E-state index contributed by atoms with van der Waals surface area (Å²) in [6.07, 6.45) is 5.29. The van der Waals surface area contributed by atoms with Crippen molar-refractivity contribution >= 4 is 11.3 Å². The monoisotopic (exact) mass is 239 g/mol. The van der Waals surface area contributed by atoms with Gasteiger partial charge in [0.25, 0.3) is 0 Å². The van der Waals surface area contributed by atoms with Crippen LogP contribution in [0.2, 0.25) is 0 Å². The SMILES string of the molecule is CCC(NC1CCCC(O)C1)c1cccs1. The largest absolute Gasteiger partial charge is 0.393 e. The number of aliphatic hydroxyl groups excluding tert-OH is 1. The summed E-state index contributed by atoms with van der Waals surface area (Å²) in [4.78, 5) is 1.42. The van der Waals surface area contributed by atoms with Crippen molar-refractivity contribution in [3.05, 3.63) is 22.4 Å². The van der Waals surface area contributed by atoms with Gasteiger partial charge in [-0.3, -0.25) is 0 Å². The van der Waals surface area contributed by atoms with Gasteiger partial charge in [0, 0.05) is 17.0 Å². The molecule has 1 heterocycles. The number of aliphatic hydroxyl groups is 1. The van der Waals surface area contributed by atoms with E-state index in [2.05, 4.69) is 29.8 Å². The van der Waals surface area contributed by atoms with Gasteiger partial charge in [-0.2, -0.15) is 0 Å². The van der Waals surface area contributed by atoms with Crippen LogP contribution in [0.1, 0.15) is 49.9 Å². The van der Waals surface area contributed by atoms with Gasteiger partial charge in [0.2, 0.25) is 0 Å². The molecule has 0 spiro atoms. The van der Waals surface area contributed by atoms with Crippen LogP contribution < -0.4 is 5.32 Å². The minimum Gasteiger partial charge on any atom is -0.393 e. The van der Waals surface area contributed by atoms with E-state index in [0.717, 1.165) is 25.7 Å². The summed E-state index contributed by atoms with van der Waals surface area (Å²) in [5, 5.41) is 15.5. The van der Waals surface area contributed by atoms with E-state index >= 15 is 0 Å². The van der Waals surface area contributed by atoms with Gasteiger partial charge in [0.1, 0.15) is 0 Å². The van der Waals surface area contributed by atoms with Gasteiger partial charge in [0.15, 0.2) is 0 Å². The van der Waals surface area contributed by atoms with E-state index in [1.165, 1.54) is 11.3 Å². The number of thiophene rings is 1. The topological polar surface area (TPSA) is 32.3 Å². The molecule has 90 valence electrons. The van der Waals surface area contributed by atoms with Gasteiger partial charge in [-0.15, -0.1) is 11.3 Å². The highest BCUT2D eigenvalue weighted by molar-refractivity contribution is 7.10. The molecule has 1 fully saturated rings. The van der Waals surface area contributed by atoms with E-state index in [1.54, 1.807) is 0 Å². The molecule has 3 atom stereocenters. The molecular weight excluding hydrogens is 218 g/mol. The molecule has 0 aliphatic heterocycles. The van der Waals surface area contributed by atoms with Crippen LogP contribution in [0.4, 0.5) is 0 Å². The summed E-state index contributed by atoms with van der Waals surface area (Å²) < 4.78 is 0. The van der Waals surface area contributed by atoms with Crippen LogP contribution in [0, 0.1) is 0 Å². The van der Waals surface area contributed by atoms with Crippen molar-refractivity contribution in [2.45, 2.75) is 57.2 Å². The fourth-order valence-electron chi connectivity index (χ4n) is 2.49. The predicted molar refractivity (Wildman–Crippen MR) is 68.7 cm³/mol.